The van der Waals surface area contributed by atoms with Gasteiger partial charge in [0.25, 0.3) is 0 Å². The fourth-order valence-electron chi connectivity index (χ4n) is 1.74. The van der Waals surface area contributed by atoms with Crippen molar-refractivity contribution in [3.05, 3.63) is 0 Å². The van der Waals surface area contributed by atoms with E-state index in [4.69, 9.17) is 0 Å². The Morgan fingerprint density at radius 2 is 2.24 bits per heavy atom. The molecular formula is C11H17NO4S. The summed E-state index contributed by atoms with van der Waals surface area (Å²) in [7, 11) is 1.34. The highest BCUT2D eigenvalue weighted by atomic mass is 32.2. The number of hydrogen-bond acceptors (Lipinski definition) is 5. The van der Waals surface area contributed by atoms with Crippen LogP contribution in [0.3, 0.4) is 0 Å². The van der Waals surface area contributed by atoms with Gasteiger partial charge in [-0.3, -0.25) is 19.3 Å². The molecule has 0 spiro atoms. The Labute approximate surface area is 105 Å². The molecule has 0 saturated carbocycles. The third-order valence-corrected chi connectivity index (χ3v) is 3.93. The van der Waals surface area contributed by atoms with E-state index in [0.29, 0.717) is 6.54 Å². The minimum absolute atomic E-state index is 0.0268. The minimum atomic E-state index is -0.345. The van der Waals surface area contributed by atoms with Crippen LogP contribution in [0, 0.1) is 0 Å². The van der Waals surface area contributed by atoms with E-state index in [1.54, 1.807) is 6.92 Å². The molecule has 1 rings (SSSR count). The van der Waals surface area contributed by atoms with E-state index in [0.717, 1.165) is 0 Å². The first-order chi connectivity index (χ1) is 7.99. The number of hydrogen-bond donors (Lipinski definition) is 0. The number of esters is 1. The summed E-state index contributed by atoms with van der Waals surface area (Å²) in [6, 6.07) is 0. The fourth-order valence-corrected chi connectivity index (χ4v) is 3.01. The van der Waals surface area contributed by atoms with E-state index in [1.165, 1.54) is 23.8 Å². The number of thioether (sulfide) groups is 1. The molecule has 1 aliphatic heterocycles. The van der Waals surface area contributed by atoms with Gasteiger partial charge in [-0.15, -0.1) is 11.8 Å². The maximum atomic E-state index is 11.8. The van der Waals surface area contributed by atoms with Crippen LogP contribution < -0.4 is 0 Å². The van der Waals surface area contributed by atoms with Crippen molar-refractivity contribution in [3.8, 4) is 0 Å². The number of rotatable bonds is 5. The van der Waals surface area contributed by atoms with Crippen LogP contribution in [0.2, 0.25) is 0 Å². The second-order valence-corrected chi connectivity index (χ2v) is 5.54. The third-order valence-electron chi connectivity index (χ3n) is 2.60. The lowest BCUT2D eigenvalue weighted by molar-refractivity contribution is -0.141. The first kappa shape index (κ1) is 14.0. The Balaban J connectivity index is 2.50. The van der Waals surface area contributed by atoms with Crippen LogP contribution in [0.4, 0.5) is 0 Å². The van der Waals surface area contributed by atoms with Gasteiger partial charge in [0.05, 0.1) is 18.8 Å². The first-order valence-corrected chi connectivity index (χ1v) is 6.50. The zero-order chi connectivity index (χ0) is 13.0. The van der Waals surface area contributed by atoms with Crippen LogP contribution in [0.1, 0.15) is 26.7 Å². The van der Waals surface area contributed by atoms with Crippen molar-refractivity contribution in [1.82, 2.24) is 4.90 Å². The van der Waals surface area contributed by atoms with Gasteiger partial charge in [-0.25, -0.2) is 0 Å². The average molecular weight is 259 g/mol. The number of nitrogens with zero attached hydrogens (tertiary/aromatic N) is 1. The number of carbonyl (C=O) groups is 3. The van der Waals surface area contributed by atoms with Crippen molar-refractivity contribution in [2.75, 3.05) is 13.7 Å². The van der Waals surface area contributed by atoms with E-state index in [2.05, 4.69) is 4.74 Å². The van der Waals surface area contributed by atoms with E-state index in [9.17, 15) is 14.4 Å². The second kappa shape index (κ2) is 6.05. The molecule has 17 heavy (non-hydrogen) atoms. The SMILES string of the molecule is CCN1C(=O)CC(SC(C)CC(=O)OC)C1=O. The molecular weight excluding hydrogens is 242 g/mol. The summed E-state index contributed by atoms with van der Waals surface area (Å²) in [6.45, 7) is 4.05. The quantitative estimate of drug-likeness (QED) is 0.540. The monoisotopic (exact) mass is 259 g/mol. The Morgan fingerprint density at radius 1 is 1.59 bits per heavy atom. The molecule has 96 valence electrons. The molecule has 1 heterocycles. The highest BCUT2D eigenvalue weighted by Gasteiger charge is 2.38. The lowest BCUT2D eigenvalue weighted by Crippen LogP contribution is -2.31. The summed E-state index contributed by atoms with van der Waals surface area (Å²) >= 11 is 1.37. The predicted molar refractivity (Wildman–Crippen MR) is 64.5 cm³/mol. The molecule has 0 aliphatic carbocycles. The van der Waals surface area contributed by atoms with Gasteiger partial charge in [0.1, 0.15) is 0 Å². The summed E-state index contributed by atoms with van der Waals surface area (Å²) in [5.74, 6) is -0.561. The normalized spacial score (nSPS) is 21.8. The summed E-state index contributed by atoms with van der Waals surface area (Å²) in [5.41, 5.74) is 0. The molecule has 0 aromatic rings. The number of methoxy groups -OCH3 is 1. The lowest BCUT2D eigenvalue weighted by Gasteiger charge is -2.15. The van der Waals surface area contributed by atoms with Crippen LogP contribution in [0.5, 0.6) is 0 Å². The minimum Gasteiger partial charge on any atom is -0.469 e. The summed E-state index contributed by atoms with van der Waals surface area (Å²) < 4.78 is 4.56. The molecule has 2 unspecified atom stereocenters. The molecule has 5 nitrogen and oxygen atoms in total. The van der Waals surface area contributed by atoms with E-state index in [1.807, 2.05) is 6.92 Å². The standard InChI is InChI=1S/C11H17NO4S/c1-4-12-9(13)6-8(11(12)15)17-7(2)5-10(14)16-3/h7-8H,4-6H2,1-3H3. The van der Waals surface area contributed by atoms with Crippen LogP contribution in [0.25, 0.3) is 0 Å². The topological polar surface area (TPSA) is 63.7 Å². The number of amides is 2. The maximum absolute atomic E-state index is 11.8. The van der Waals surface area contributed by atoms with E-state index < -0.39 is 0 Å². The summed E-state index contributed by atoms with van der Waals surface area (Å²) in [6.07, 6.45) is 0.494. The average Bonchev–Trinajstić information content (AvgIpc) is 2.53. The molecule has 2 amide bonds. The molecule has 1 aliphatic rings. The fraction of sp³-hybridized carbons (Fsp3) is 0.727. The zero-order valence-corrected chi connectivity index (χ0v) is 11.1. The van der Waals surface area contributed by atoms with Crippen molar-refractivity contribution in [3.63, 3.8) is 0 Å². The van der Waals surface area contributed by atoms with Gasteiger partial charge in [0, 0.05) is 18.2 Å². The molecule has 0 bridgehead atoms. The number of likely N-dealkylation sites (tertiary alicyclic amines) is 1. The Kier molecular flexibility index (Phi) is 4.99. The Bertz CT molecular complexity index is 331. The number of imide groups is 1. The van der Waals surface area contributed by atoms with Gasteiger partial charge in [0.15, 0.2) is 0 Å². The molecule has 2 atom stereocenters. The van der Waals surface area contributed by atoms with Crippen LogP contribution in [-0.2, 0) is 19.1 Å². The summed E-state index contributed by atoms with van der Waals surface area (Å²) in [5, 5.41) is -0.372. The van der Waals surface area contributed by atoms with Gasteiger partial charge < -0.3 is 4.74 Å². The second-order valence-electron chi connectivity index (χ2n) is 3.90. The van der Waals surface area contributed by atoms with Gasteiger partial charge in [0.2, 0.25) is 11.8 Å². The van der Waals surface area contributed by atoms with Crippen LogP contribution in [-0.4, -0.2) is 46.8 Å². The number of carbonyl (C=O) groups excluding carboxylic acids is 3. The van der Waals surface area contributed by atoms with Gasteiger partial charge >= 0.3 is 5.97 Å². The predicted octanol–water partition coefficient (Wildman–Crippen LogP) is 0.819. The Hall–Kier alpha value is -1.04. The molecule has 0 N–H and O–H groups in total. The molecule has 0 aromatic heterocycles. The van der Waals surface area contributed by atoms with Crippen LogP contribution >= 0.6 is 11.8 Å². The molecule has 1 saturated heterocycles. The van der Waals surface area contributed by atoms with Gasteiger partial charge in [-0.2, -0.15) is 0 Å². The summed E-state index contributed by atoms with van der Waals surface area (Å²) in [4.78, 5) is 35.6. The molecule has 6 heteroatoms. The Morgan fingerprint density at radius 3 is 2.71 bits per heavy atom. The largest absolute Gasteiger partial charge is 0.469 e. The van der Waals surface area contributed by atoms with Crippen LogP contribution in [0.15, 0.2) is 0 Å². The van der Waals surface area contributed by atoms with Crippen molar-refractivity contribution in [1.29, 1.82) is 0 Å². The van der Waals surface area contributed by atoms with Gasteiger partial charge in [-0.1, -0.05) is 6.92 Å². The van der Waals surface area contributed by atoms with Crippen molar-refractivity contribution in [2.24, 2.45) is 0 Å². The maximum Gasteiger partial charge on any atom is 0.306 e. The van der Waals surface area contributed by atoms with Crippen molar-refractivity contribution >= 4 is 29.5 Å². The number of ether oxygens (including phenoxy) is 1. The highest BCUT2D eigenvalue weighted by molar-refractivity contribution is 8.01. The van der Waals surface area contributed by atoms with Crippen molar-refractivity contribution in [2.45, 2.75) is 37.2 Å². The smallest absolute Gasteiger partial charge is 0.306 e. The zero-order valence-electron chi connectivity index (χ0n) is 10.3. The van der Waals surface area contributed by atoms with E-state index >= 15 is 0 Å². The molecule has 1 fully saturated rings. The first-order valence-electron chi connectivity index (χ1n) is 5.56. The van der Waals surface area contributed by atoms with Gasteiger partial charge in [-0.05, 0) is 6.92 Å². The van der Waals surface area contributed by atoms with E-state index in [-0.39, 0.29) is 41.1 Å². The third kappa shape index (κ3) is 3.46. The molecule has 0 radical (unpaired) electrons. The van der Waals surface area contributed by atoms with Crippen molar-refractivity contribution < 1.29 is 19.1 Å². The lowest BCUT2D eigenvalue weighted by atomic mass is 10.3. The highest BCUT2D eigenvalue weighted by Crippen LogP contribution is 2.29. The molecule has 0 aromatic carbocycles.